The first-order valence-electron chi connectivity index (χ1n) is 11.8. The van der Waals surface area contributed by atoms with Crippen LogP contribution in [0.15, 0.2) is 47.4 Å². The number of pyridine rings is 1. The average Bonchev–Trinajstić information content (AvgIpc) is 2.84. The van der Waals surface area contributed by atoms with Gasteiger partial charge in [0.1, 0.15) is 11.6 Å². The zero-order chi connectivity index (χ0) is 22.6. The van der Waals surface area contributed by atoms with E-state index in [1.165, 1.54) is 5.56 Å². The Kier molecular flexibility index (Phi) is 6.98. The van der Waals surface area contributed by atoms with Gasteiger partial charge in [0.05, 0.1) is 18.9 Å². The highest BCUT2D eigenvalue weighted by atomic mass is 16.5. The first-order valence-corrected chi connectivity index (χ1v) is 11.8. The van der Waals surface area contributed by atoms with E-state index in [-0.39, 0.29) is 16.7 Å². The number of morpholine rings is 1. The van der Waals surface area contributed by atoms with Crippen LogP contribution in [0.4, 0.5) is 5.69 Å². The number of aromatic nitrogens is 1. The van der Waals surface area contributed by atoms with Gasteiger partial charge in [0.15, 0.2) is 0 Å². The highest BCUT2D eigenvalue weighted by Gasteiger charge is 2.42. The van der Waals surface area contributed by atoms with E-state index in [9.17, 15) is 10.1 Å². The second-order valence-electron chi connectivity index (χ2n) is 9.35. The molecule has 0 saturated carbocycles. The summed E-state index contributed by atoms with van der Waals surface area (Å²) in [7, 11) is 0. The number of anilines is 1. The summed E-state index contributed by atoms with van der Waals surface area (Å²) in [5.74, 6) is 0.514. The molecule has 0 bridgehead atoms. The molecule has 6 nitrogen and oxygen atoms in total. The molecule has 170 valence electrons. The number of rotatable bonds is 6. The number of nitriles is 1. The molecular weight excluding hydrogens is 400 g/mol. The van der Waals surface area contributed by atoms with Gasteiger partial charge in [-0.2, -0.15) is 5.26 Å². The maximum absolute atomic E-state index is 13.0. The van der Waals surface area contributed by atoms with Crippen LogP contribution in [0.25, 0.3) is 0 Å². The molecule has 6 heteroatoms. The lowest BCUT2D eigenvalue weighted by Crippen LogP contribution is -2.56. The number of piperidine rings is 1. The fourth-order valence-electron chi connectivity index (χ4n) is 5.15. The van der Waals surface area contributed by atoms with Gasteiger partial charge >= 0.3 is 0 Å². The molecule has 0 N–H and O–H groups in total. The third-order valence-corrected chi connectivity index (χ3v) is 7.06. The summed E-state index contributed by atoms with van der Waals surface area (Å²) in [6.07, 6.45) is 4.70. The van der Waals surface area contributed by atoms with E-state index in [0.29, 0.717) is 12.5 Å². The Morgan fingerprint density at radius 1 is 1.06 bits per heavy atom. The zero-order valence-electron chi connectivity index (χ0n) is 19.3. The number of nitrogens with zero attached hydrogens (tertiary/aromatic N) is 4. The lowest BCUT2D eigenvalue weighted by molar-refractivity contribution is -0.0352. The maximum Gasteiger partial charge on any atom is 0.270 e. The predicted molar refractivity (Wildman–Crippen MR) is 127 cm³/mol. The second kappa shape index (κ2) is 9.89. The fraction of sp³-hybridized carbons (Fsp3) is 0.538. The average molecular weight is 435 g/mol. The lowest BCUT2D eigenvalue weighted by Gasteiger charge is -2.51. The van der Waals surface area contributed by atoms with Crippen molar-refractivity contribution in [2.45, 2.75) is 45.2 Å². The van der Waals surface area contributed by atoms with E-state index in [0.717, 1.165) is 64.3 Å². The van der Waals surface area contributed by atoms with E-state index in [1.54, 1.807) is 4.57 Å². The van der Waals surface area contributed by atoms with Crippen molar-refractivity contribution in [3.8, 4) is 6.07 Å². The Labute approximate surface area is 191 Å². The summed E-state index contributed by atoms with van der Waals surface area (Å²) >= 11 is 0. The molecule has 2 aliphatic heterocycles. The number of aryl methyl sites for hydroxylation is 1. The van der Waals surface area contributed by atoms with Gasteiger partial charge < -0.3 is 14.2 Å². The van der Waals surface area contributed by atoms with Crippen LogP contribution in [-0.2, 0) is 16.8 Å². The van der Waals surface area contributed by atoms with E-state index >= 15 is 0 Å². The van der Waals surface area contributed by atoms with Crippen LogP contribution in [0.3, 0.4) is 0 Å². The number of hydrogen-bond donors (Lipinski definition) is 0. The molecular formula is C26H34N4O2. The van der Waals surface area contributed by atoms with Gasteiger partial charge in [-0.3, -0.25) is 9.69 Å². The summed E-state index contributed by atoms with van der Waals surface area (Å²) in [5, 5.41) is 9.80. The van der Waals surface area contributed by atoms with Crippen LogP contribution in [0.2, 0.25) is 0 Å². The highest BCUT2D eigenvalue weighted by Crippen LogP contribution is 2.40. The van der Waals surface area contributed by atoms with Crippen molar-refractivity contribution < 1.29 is 4.74 Å². The van der Waals surface area contributed by atoms with Crippen molar-refractivity contribution in [2.75, 3.05) is 44.3 Å². The third kappa shape index (κ3) is 4.46. The molecule has 3 heterocycles. The fourth-order valence-corrected chi connectivity index (χ4v) is 5.15. The van der Waals surface area contributed by atoms with E-state index in [4.69, 9.17) is 4.74 Å². The summed E-state index contributed by atoms with van der Waals surface area (Å²) in [6.45, 7) is 9.98. The third-order valence-electron chi connectivity index (χ3n) is 7.06. The zero-order valence-corrected chi connectivity index (χ0v) is 19.3. The lowest BCUT2D eigenvalue weighted by atomic mass is 9.78. The van der Waals surface area contributed by atoms with Crippen molar-refractivity contribution in [2.24, 2.45) is 5.92 Å². The van der Waals surface area contributed by atoms with Crippen LogP contribution in [-0.4, -0.2) is 48.9 Å². The highest BCUT2D eigenvalue weighted by molar-refractivity contribution is 5.58. The van der Waals surface area contributed by atoms with E-state index in [2.05, 4.69) is 60.0 Å². The second-order valence-corrected chi connectivity index (χ2v) is 9.35. The maximum atomic E-state index is 13.0. The minimum absolute atomic E-state index is 0.0272. The molecule has 0 unspecified atom stereocenters. The molecule has 0 radical (unpaired) electrons. The van der Waals surface area contributed by atoms with Crippen molar-refractivity contribution in [3.63, 3.8) is 0 Å². The normalized spacial score (nSPS) is 19.1. The summed E-state index contributed by atoms with van der Waals surface area (Å²) in [6, 6.07) is 14.9. The van der Waals surface area contributed by atoms with Gasteiger partial charge in [-0.1, -0.05) is 44.2 Å². The van der Waals surface area contributed by atoms with Crippen molar-refractivity contribution in [3.05, 3.63) is 64.1 Å². The number of hydrogen-bond acceptors (Lipinski definition) is 5. The van der Waals surface area contributed by atoms with Crippen LogP contribution in [0.1, 0.15) is 44.2 Å². The van der Waals surface area contributed by atoms with Crippen LogP contribution in [0, 0.1) is 17.2 Å². The molecule has 4 rings (SSSR count). The van der Waals surface area contributed by atoms with Gasteiger partial charge in [0, 0.05) is 44.5 Å². The minimum atomic E-state index is -0.168. The van der Waals surface area contributed by atoms with Crippen LogP contribution < -0.4 is 10.5 Å². The molecule has 32 heavy (non-hydrogen) atoms. The van der Waals surface area contributed by atoms with E-state index in [1.807, 2.05) is 12.3 Å². The van der Waals surface area contributed by atoms with Gasteiger partial charge in [-0.05, 0) is 36.8 Å². The Morgan fingerprint density at radius 3 is 2.38 bits per heavy atom. The molecule has 0 aliphatic carbocycles. The first kappa shape index (κ1) is 22.6. The molecule has 2 aromatic rings. The van der Waals surface area contributed by atoms with Crippen LogP contribution in [0.5, 0.6) is 0 Å². The predicted octanol–water partition coefficient (Wildman–Crippen LogP) is 3.59. The molecule has 2 fully saturated rings. The van der Waals surface area contributed by atoms with E-state index < -0.39 is 0 Å². The van der Waals surface area contributed by atoms with Gasteiger partial charge in [-0.25, -0.2) is 0 Å². The standard InChI is InChI=1S/C26H34N4O2/c1-21(2)8-12-29-13-9-24(23(20-27)25(29)31)28-14-10-26(11-15-28,22-6-4-3-5-7-22)30-16-18-32-19-17-30/h3-7,9,13,21H,8,10-12,14-19H2,1-2H3. The molecule has 0 amide bonds. The Bertz CT molecular complexity index is 995. The monoisotopic (exact) mass is 434 g/mol. The molecule has 1 aromatic heterocycles. The topological polar surface area (TPSA) is 61.5 Å². The Balaban J connectivity index is 1.58. The van der Waals surface area contributed by atoms with Gasteiger partial charge in [-0.15, -0.1) is 0 Å². The quantitative estimate of drug-likeness (QED) is 0.695. The Morgan fingerprint density at radius 2 is 1.75 bits per heavy atom. The molecule has 1 aromatic carbocycles. The van der Waals surface area contributed by atoms with Gasteiger partial charge in [0.2, 0.25) is 0 Å². The number of benzene rings is 1. The molecule has 0 spiro atoms. The minimum Gasteiger partial charge on any atom is -0.379 e. The van der Waals surface area contributed by atoms with Crippen molar-refractivity contribution in [1.82, 2.24) is 9.47 Å². The molecule has 0 atom stereocenters. The molecule has 2 saturated heterocycles. The molecule has 2 aliphatic rings. The van der Waals surface area contributed by atoms with Crippen molar-refractivity contribution >= 4 is 5.69 Å². The Hall–Kier alpha value is -2.62. The smallest absolute Gasteiger partial charge is 0.270 e. The summed E-state index contributed by atoms with van der Waals surface area (Å²) < 4.78 is 7.31. The summed E-state index contributed by atoms with van der Waals surface area (Å²) in [4.78, 5) is 17.8. The first-order chi connectivity index (χ1) is 15.5. The van der Waals surface area contributed by atoms with Crippen molar-refractivity contribution in [1.29, 1.82) is 5.26 Å². The number of ether oxygens (including phenoxy) is 1. The van der Waals surface area contributed by atoms with Gasteiger partial charge in [0.25, 0.3) is 5.56 Å². The van der Waals surface area contributed by atoms with Crippen LogP contribution >= 0.6 is 0 Å². The SMILES string of the molecule is CC(C)CCn1ccc(N2CCC(c3ccccc3)(N3CCOCC3)CC2)c(C#N)c1=O. The summed E-state index contributed by atoms with van der Waals surface area (Å²) in [5.41, 5.74) is 2.21. The largest absolute Gasteiger partial charge is 0.379 e.